The molecule has 0 unspecified atom stereocenters. The first-order chi connectivity index (χ1) is 9.45. The second-order valence-electron chi connectivity index (χ2n) is 5.36. The Hall–Kier alpha value is -0.320. The molecule has 2 atom stereocenters. The molecule has 0 aliphatic rings. The summed E-state index contributed by atoms with van der Waals surface area (Å²) >= 11 is -0.688. The van der Waals surface area contributed by atoms with E-state index in [0.717, 1.165) is 12.1 Å². The van der Waals surface area contributed by atoms with E-state index in [1.807, 2.05) is 0 Å². The first-order valence-corrected chi connectivity index (χ1v) is 8.16. The van der Waals surface area contributed by atoms with Gasteiger partial charge in [0, 0.05) is 16.9 Å². The molecule has 0 bridgehead atoms. The van der Waals surface area contributed by atoms with E-state index in [2.05, 4.69) is 4.72 Å². The van der Waals surface area contributed by atoms with Crippen LogP contribution in [0.5, 0.6) is 0 Å². The zero-order valence-corrected chi connectivity index (χ0v) is 14.6. The second-order valence-corrected chi connectivity index (χ2v) is 8.95. The van der Waals surface area contributed by atoms with Crippen molar-refractivity contribution in [1.29, 1.82) is 0 Å². The van der Waals surface area contributed by atoms with Gasteiger partial charge in [0.1, 0.15) is 10.6 Å². The fourth-order valence-corrected chi connectivity index (χ4v) is 3.38. The predicted octanol–water partition coefficient (Wildman–Crippen LogP) is 3.30. The van der Waals surface area contributed by atoms with Gasteiger partial charge in [0.25, 0.3) is 0 Å². The zero-order valence-electron chi connectivity index (χ0n) is 11.6. The van der Waals surface area contributed by atoms with E-state index in [-0.39, 0.29) is 0 Å². The van der Waals surface area contributed by atoms with Crippen molar-refractivity contribution in [3.8, 4) is 0 Å². The highest BCUT2D eigenvalue weighted by molar-refractivity contribution is 14.1. The van der Waals surface area contributed by atoms with Crippen molar-refractivity contribution in [2.24, 2.45) is 0 Å². The first-order valence-electron chi connectivity index (χ1n) is 5.93. The third-order valence-corrected chi connectivity index (χ3v) is 6.18. The van der Waals surface area contributed by atoms with E-state index in [1.54, 1.807) is 20.8 Å². The number of halogens is 4. The van der Waals surface area contributed by atoms with Crippen LogP contribution in [0.2, 0.25) is 0 Å². The van der Waals surface area contributed by atoms with Crippen molar-refractivity contribution in [1.82, 2.24) is 4.72 Å². The first kappa shape index (κ1) is 18.7. The van der Waals surface area contributed by atoms with Crippen LogP contribution in [0.4, 0.5) is 13.2 Å². The van der Waals surface area contributed by atoms with Gasteiger partial charge in [-0.3, -0.25) is 4.79 Å². The number of rotatable bonds is 5. The van der Waals surface area contributed by atoms with E-state index < -0.39 is 43.2 Å². The summed E-state index contributed by atoms with van der Waals surface area (Å²) in [7, 11) is 0. The van der Waals surface area contributed by atoms with Crippen LogP contribution >= 0.6 is 22.6 Å². The average Bonchev–Trinajstić information content (AvgIpc) is 2.37. The lowest BCUT2D eigenvalue weighted by Crippen LogP contribution is -2.57. The van der Waals surface area contributed by atoms with Crippen molar-refractivity contribution in [2.45, 2.75) is 35.0 Å². The van der Waals surface area contributed by atoms with Crippen molar-refractivity contribution in [2.75, 3.05) is 0 Å². The maximum atomic E-state index is 14.1. The molecule has 0 aliphatic heterocycles. The summed E-state index contributed by atoms with van der Waals surface area (Å²) in [6.45, 7) is 4.73. The summed E-state index contributed by atoms with van der Waals surface area (Å²) in [5, 5.41) is 0. The molecule has 0 saturated heterocycles. The normalized spacial score (nSPS) is 17.1. The Bertz CT molecular complexity index is 524. The molecule has 21 heavy (non-hydrogen) atoms. The van der Waals surface area contributed by atoms with Crippen LogP contribution in [-0.2, 0) is 19.7 Å². The molecule has 3 nitrogen and oxygen atoms in total. The van der Waals surface area contributed by atoms with E-state index in [1.165, 1.54) is 34.7 Å². The van der Waals surface area contributed by atoms with Crippen molar-refractivity contribution >= 4 is 40.2 Å². The van der Waals surface area contributed by atoms with Gasteiger partial charge in [0.05, 0.1) is 0 Å². The zero-order chi connectivity index (χ0) is 16.5. The lowest BCUT2D eigenvalue weighted by molar-refractivity contribution is -0.134. The van der Waals surface area contributed by atoms with Crippen LogP contribution in [0.25, 0.3) is 0 Å². The van der Waals surface area contributed by atoms with Crippen LogP contribution in [0.15, 0.2) is 24.3 Å². The maximum absolute atomic E-state index is 14.1. The quantitative estimate of drug-likeness (QED) is 0.255. The van der Waals surface area contributed by atoms with Crippen molar-refractivity contribution in [3.05, 3.63) is 35.6 Å². The van der Waals surface area contributed by atoms with Gasteiger partial charge in [-0.15, -0.1) is 4.72 Å². The molecule has 0 amide bonds. The van der Waals surface area contributed by atoms with Crippen molar-refractivity contribution < 1.29 is 22.5 Å². The summed E-state index contributed by atoms with van der Waals surface area (Å²) in [6, 6.07) is 4.85. The highest BCUT2D eigenvalue weighted by Crippen LogP contribution is 2.44. The summed E-state index contributed by atoms with van der Waals surface area (Å²) < 4.78 is 53.1. The summed E-state index contributed by atoms with van der Waals surface area (Å²) in [5.41, 5.74) is -0.430. The number of hydrogen-bond acceptors (Lipinski definition) is 3. The number of alkyl halides is 3. The molecule has 0 spiro atoms. The standard InChI is InChI=1S/C13H15F3INO2S/c1-11(2,3)21(20)18-13(17,12(15,16)8-19)9-6-4-5-7-10(9)14/h4-8,18H,1-3H3/t13-,21-/m1/s1. The fourth-order valence-electron chi connectivity index (χ4n) is 1.41. The van der Waals surface area contributed by atoms with Gasteiger partial charge < -0.3 is 4.55 Å². The van der Waals surface area contributed by atoms with E-state index in [4.69, 9.17) is 0 Å². The molecule has 1 aromatic rings. The topological polar surface area (TPSA) is 52.2 Å². The minimum Gasteiger partial charge on any atom is -0.598 e. The monoisotopic (exact) mass is 433 g/mol. The Balaban J connectivity index is 3.39. The number of hydrogen-bond donors (Lipinski definition) is 1. The number of carbonyl (C=O) groups is 1. The Morgan fingerprint density at radius 1 is 1.29 bits per heavy atom. The van der Waals surface area contributed by atoms with Crippen molar-refractivity contribution in [3.63, 3.8) is 0 Å². The van der Waals surface area contributed by atoms with Gasteiger partial charge in [0.2, 0.25) is 3.55 Å². The van der Waals surface area contributed by atoms with Crippen LogP contribution in [0.3, 0.4) is 0 Å². The Kier molecular flexibility index (Phi) is 5.73. The molecule has 1 aromatic carbocycles. The SMILES string of the molecule is CC(C)(C)[S@@+]([O-])N[C@](I)(c1ccccc1F)C(F)(F)C=O. The summed E-state index contributed by atoms with van der Waals surface area (Å²) in [6.07, 6.45) is -0.571. The summed E-state index contributed by atoms with van der Waals surface area (Å²) in [4.78, 5) is 10.8. The number of carbonyl (C=O) groups excluding carboxylic acids is 1. The minimum absolute atomic E-state index is 0.430. The molecule has 0 heterocycles. The lowest BCUT2D eigenvalue weighted by atomic mass is 10.0. The summed E-state index contributed by atoms with van der Waals surface area (Å²) in [5.74, 6) is -4.86. The van der Waals surface area contributed by atoms with Gasteiger partial charge in [-0.1, -0.05) is 18.2 Å². The molecular formula is C13H15F3INO2S. The fraction of sp³-hybridized carbons (Fsp3) is 0.462. The maximum Gasteiger partial charge on any atom is 0.337 e. The number of benzene rings is 1. The van der Waals surface area contributed by atoms with Gasteiger partial charge in [0.15, 0.2) is 6.29 Å². The molecule has 118 valence electrons. The van der Waals surface area contributed by atoms with Crippen LogP contribution in [0, 0.1) is 5.82 Å². The molecule has 0 aliphatic carbocycles. The molecule has 0 saturated carbocycles. The third-order valence-electron chi connectivity index (χ3n) is 2.64. The van der Waals surface area contributed by atoms with Crippen LogP contribution in [-0.4, -0.2) is 21.5 Å². The van der Waals surface area contributed by atoms with E-state index in [0.29, 0.717) is 0 Å². The highest BCUT2D eigenvalue weighted by atomic mass is 127. The van der Waals surface area contributed by atoms with Crippen LogP contribution < -0.4 is 4.72 Å². The second kappa shape index (κ2) is 6.43. The minimum atomic E-state index is -3.95. The molecule has 1 rings (SSSR count). The van der Waals surface area contributed by atoms with Gasteiger partial charge in [-0.05, 0) is 49.4 Å². The van der Waals surface area contributed by atoms with E-state index >= 15 is 0 Å². The molecule has 1 N–H and O–H groups in total. The highest BCUT2D eigenvalue weighted by Gasteiger charge is 2.58. The van der Waals surface area contributed by atoms with Gasteiger partial charge in [-0.25, -0.2) is 4.39 Å². The largest absolute Gasteiger partial charge is 0.598 e. The average molecular weight is 433 g/mol. The van der Waals surface area contributed by atoms with E-state index in [9.17, 15) is 22.5 Å². The molecular weight excluding hydrogens is 418 g/mol. The molecule has 0 radical (unpaired) electrons. The Morgan fingerprint density at radius 3 is 2.24 bits per heavy atom. The number of aldehydes is 1. The molecule has 0 fully saturated rings. The smallest absolute Gasteiger partial charge is 0.337 e. The Morgan fingerprint density at radius 2 is 1.81 bits per heavy atom. The Labute approximate surface area is 138 Å². The van der Waals surface area contributed by atoms with Crippen LogP contribution in [0.1, 0.15) is 26.3 Å². The van der Waals surface area contributed by atoms with Gasteiger partial charge >= 0.3 is 5.92 Å². The third kappa shape index (κ3) is 3.91. The lowest BCUT2D eigenvalue weighted by Gasteiger charge is -2.36. The van der Waals surface area contributed by atoms with Gasteiger partial charge in [-0.2, -0.15) is 8.78 Å². The molecule has 0 aromatic heterocycles. The number of nitrogens with one attached hydrogen (secondary N) is 1. The molecule has 8 heteroatoms. The predicted molar refractivity (Wildman–Crippen MR) is 84.1 cm³/mol.